The van der Waals surface area contributed by atoms with Crippen molar-refractivity contribution in [2.75, 3.05) is 6.54 Å². The van der Waals surface area contributed by atoms with Crippen molar-refractivity contribution >= 4 is 18.3 Å². The van der Waals surface area contributed by atoms with Crippen molar-refractivity contribution in [1.29, 1.82) is 0 Å². The van der Waals surface area contributed by atoms with Gasteiger partial charge < -0.3 is 15.5 Å². The standard InChI is InChI=1S/C17H22N2O2.ClH/c1-4-12-5-7-13(8-6-12)14-9-10-15(21-14)16(20)19-11-17(2,3)18;/h5-10H,4,11,18H2,1-3H3,(H,19,20);1H. The highest BCUT2D eigenvalue weighted by Crippen LogP contribution is 2.22. The molecule has 0 spiro atoms. The molecule has 1 aromatic heterocycles. The zero-order valence-corrected chi connectivity index (χ0v) is 14.0. The van der Waals surface area contributed by atoms with Crippen LogP contribution in [-0.2, 0) is 6.42 Å². The highest BCUT2D eigenvalue weighted by Gasteiger charge is 2.16. The van der Waals surface area contributed by atoms with Crippen molar-refractivity contribution in [3.63, 3.8) is 0 Å². The second-order valence-electron chi connectivity index (χ2n) is 5.89. The van der Waals surface area contributed by atoms with Gasteiger partial charge in [-0.05, 0) is 38.0 Å². The summed E-state index contributed by atoms with van der Waals surface area (Å²) < 4.78 is 5.62. The van der Waals surface area contributed by atoms with Crippen LogP contribution in [0.5, 0.6) is 0 Å². The van der Waals surface area contributed by atoms with Crippen LogP contribution in [0.4, 0.5) is 0 Å². The lowest BCUT2D eigenvalue weighted by molar-refractivity contribution is 0.0919. The number of amides is 1. The summed E-state index contributed by atoms with van der Waals surface area (Å²) in [4.78, 5) is 12.0. The van der Waals surface area contributed by atoms with E-state index in [1.54, 1.807) is 6.07 Å². The number of carbonyl (C=O) groups excluding carboxylic acids is 1. The minimum absolute atomic E-state index is 0. The number of nitrogens with one attached hydrogen (secondary N) is 1. The summed E-state index contributed by atoms with van der Waals surface area (Å²) in [7, 11) is 0. The summed E-state index contributed by atoms with van der Waals surface area (Å²) in [5.41, 5.74) is 7.63. The molecule has 0 radical (unpaired) electrons. The molecule has 5 heteroatoms. The van der Waals surface area contributed by atoms with E-state index in [0.717, 1.165) is 12.0 Å². The number of nitrogens with two attached hydrogens (primary N) is 1. The van der Waals surface area contributed by atoms with Crippen LogP contribution < -0.4 is 11.1 Å². The monoisotopic (exact) mass is 322 g/mol. The molecule has 0 saturated heterocycles. The minimum atomic E-state index is -0.443. The van der Waals surface area contributed by atoms with E-state index in [-0.39, 0.29) is 18.3 Å². The fraction of sp³-hybridized carbons (Fsp3) is 0.353. The lowest BCUT2D eigenvalue weighted by atomic mass is 10.1. The van der Waals surface area contributed by atoms with E-state index in [0.29, 0.717) is 18.1 Å². The number of benzene rings is 1. The zero-order valence-electron chi connectivity index (χ0n) is 13.2. The minimum Gasteiger partial charge on any atom is -0.451 e. The summed E-state index contributed by atoms with van der Waals surface area (Å²) in [6.07, 6.45) is 1.00. The van der Waals surface area contributed by atoms with Crippen LogP contribution in [0.3, 0.4) is 0 Å². The van der Waals surface area contributed by atoms with Gasteiger partial charge in [-0.15, -0.1) is 12.4 Å². The third kappa shape index (κ3) is 4.90. The number of carbonyl (C=O) groups is 1. The average molecular weight is 323 g/mol. The van der Waals surface area contributed by atoms with Gasteiger partial charge in [0.2, 0.25) is 0 Å². The molecule has 1 amide bonds. The maximum atomic E-state index is 12.0. The molecule has 0 unspecified atom stereocenters. The van der Waals surface area contributed by atoms with Crippen LogP contribution in [-0.4, -0.2) is 18.0 Å². The van der Waals surface area contributed by atoms with Gasteiger partial charge in [0, 0.05) is 17.6 Å². The fourth-order valence-corrected chi connectivity index (χ4v) is 1.91. The number of hydrogen-bond acceptors (Lipinski definition) is 3. The summed E-state index contributed by atoms with van der Waals surface area (Å²) in [6, 6.07) is 11.6. The predicted molar refractivity (Wildman–Crippen MR) is 91.4 cm³/mol. The van der Waals surface area contributed by atoms with Gasteiger partial charge in [-0.25, -0.2) is 0 Å². The molecule has 1 aromatic carbocycles. The van der Waals surface area contributed by atoms with Gasteiger partial charge in [0.05, 0.1) is 0 Å². The van der Waals surface area contributed by atoms with Crippen LogP contribution in [0, 0.1) is 0 Å². The van der Waals surface area contributed by atoms with Gasteiger partial charge in [-0.3, -0.25) is 4.79 Å². The Morgan fingerprint density at radius 3 is 2.36 bits per heavy atom. The summed E-state index contributed by atoms with van der Waals surface area (Å²) in [6.45, 7) is 6.22. The smallest absolute Gasteiger partial charge is 0.287 e. The maximum Gasteiger partial charge on any atom is 0.287 e. The number of furan rings is 1. The summed E-state index contributed by atoms with van der Waals surface area (Å²) in [5.74, 6) is 0.744. The second kappa shape index (κ2) is 7.47. The number of aryl methyl sites for hydroxylation is 1. The fourth-order valence-electron chi connectivity index (χ4n) is 1.91. The topological polar surface area (TPSA) is 68.3 Å². The molecule has 1 heterocycles. The van der Waals surface area contributed by atoms with Gasteiger partial charge in [0.15, 0.2) is 5.76 Å². The Labute approximate surface area is 137 Å². The summed E-state index contributed by atoms with van der Waals surface area (Å²) >= 11 is 0. The van der Waals surface area contributed by atoms with Gasteiger partial charge >= 0.3 is 0 Å². The molecule has 120 valence electrons. The van der Waals surface area contributed by atoms with Crippen molar-refractivity contribution in [3.05, 3.63) is 47.7 Å². The Hall–Kier alpha value is -1.78. The van der Waals surface area contributed by atoms with Gasteiger partial charge in [0.1, 0.15) is 5.76 Å². The average Bonchev–Trinajstić information content (AvgIpc) is 2.94. The van der Waals surface area contributed by atoms with Crippen molar-refractivity contribution < 1.29 is 9.21 Å². The van der Waals surface area contributed by atoms with Crippen LogP contribution in [0.1, 0.15) is 36.9 Å². The van der Waals surface area contributed by atoms with Gasteiger partial charge in [0.25, 0.3) is 5.91 Å². The Morgan fingerprint density at radius 2 is 1.82 bits per heavy atom. The molecular formula is C17H23ClN2O2. The Bertz CT molecular complexity index is 612. The highest BCUT2D eigenvalue weighted by molar-refractivity contribution is 5.92. The molecule has 2 aromatic rings. The number of halogens is 1. The number of rotatable bonds is 5. The second-order valence-corrected chi connectivity index (χ2v) is 5.89. The SMILES string of the molecule is CCc1ccc(-c2ccc(C(=O)NCC(C)(C)N)o2)cc1.Cl. The van der Waals surface area contributed by atoms with Crippen molar-refractivity contribution in [2.24, 2.45) is 5.73 Å². The predicted octanol–water partition coefficient (Wildman–Crippen LogP) is 3.40. The van der Waals surface area contributed by atoms with E-state index in [4.69, 9.17) is 10.2 Å². The van der Waals surface area contributed by atoms with Crippen LogP contribution >= 0.6 is 12.4 Å². The van der Waals surface area contributed by atoms with E-state index in [2.05, 4.69) is 24.4 Å². The molecule has 2 rings (SSSR count). The van der Waals surface area contributed by atoms with Crippen LogP contribution in [0.2, 0.25) is 0 Å². The molecular weight excluding hydrogens is 300 g/mol. The molecule has 0 aliphatic rings. The van der Waals surface area contributed by atoms with Crippen molar-refractivity contribution in [1.82, 2.24) is 5.32 Å². The molecule has 0 saturated carbocycles. The molecule has 0 atom stereocenters. The van der Waals surface area contributed by atoms with E-state index in [1.165, 1.54) is 5.56 Å². The largest absolute Gasteiger partial charge is 0.451 e. The Kier molecular flexibility index (Phi) is 6.21. The highest BCUT2D eigenvalue weighted by atomic mass is 35.5. The number of hydrogen-bond donors (Lipinski definition) is 2. The van der Waals surface area contributed by atoms with E-state index >= 15 is 0 Å². The van der Waals surface area contributed by atoms with Crippen molar-refractivity contribution in [3.8, 4) is 11.3 Å². The first-order chi connectivity index (χ1) is 9.89. The Morgan fingerprint density at radius 1 is 1.18 bits per heavy atom. The quantitative estimate of drug-likeness (QED) is 0.886. The first-order valence-electron chi connectivity index (χ1n) is 7.15. The molecule has 0 fully saturated rings. The van der Waals surface area contributed by atoms with Crippen LogP contribution in [0.15, 0.2) is 40.8 Å². The molecule has 0 aliphatic carbocycles. The normalized spacial score (nSPS) is 10.9. The van der Waals surface area contributed by atoms with Gasteiger partial charge in [-0.1, -0.05) is 31.2 Å². The lowest BCUT2D eigenvalue weighted by Crippen LogP contribution is -2.45. The Balaban J connectivity index is 0.00000242. The van der Waals surface area contributed by atoms with E-state index in [9.17, 15) is 4.79 Å². The van der Waals surface area contributed by atoms with Gasteiger partial charge in [-0.2, -0.15) is 0 Å². The molecule has 0 bridgehead atoms. The van der Waals surface area contributed by atoms with E-state index in [1.807, 2.05) is 32.0 Å². The zero-order chi connectivity index (χ0) is 15.5. The van der Waals surface area contributed by atoms with Crippen molar-refractivity contribution in [2.45, 2.75) is 32.7 Å². The third-order valence-corrected chi connectivity index (χ3v) is 3.18. The lowest BCUT2D eigenvalue weighted by Gasteiger charge is -2.18. The molecule has 0 aliphatic heterocycles. The molecule has 4 nitrogen and oxygen atoms in total. The molecule has 22 heavy (non-hydrogen) atoms. The maximum absolute atomic E-state index is 12.0. The van der Waals surface area contributed by atoms with E-state index < -0.39 is 5.54 Å². The van der Waals surface area contributed by atoms with Crippen LogP contribution in [0.25, 0.3) is 11.3 Å². The third-order valence-electron chi connectivity index (χ3n) is 3.18. The first kappa shape index (κ1) is 18.3. The molecule has 3 N–H and O–H groups in total. The summed E-state index contributed by atoms with van der Waals surface area (Å²) in [5, 5.41) is 2.76. The first-order valence-corrected chi connectivity index (χ1v) is 7.15.